The molecule has 9 aromatic carbocycles. The standard InChI is InChI=1S/C54H37NO/c1-4-13-38(14-5-1)40-27-32-46(33-28-40)55(45-17-8-3-9-18-45)47-34-29-41(30-35-47)39-23-25-43(26-24-39)52-37-44(31-36-48(52)42-15-6-2-7-16-42)49-20-12-21-51-50-19-10-11-22-53(50)56-54(49)51/h1-37H. The van der Waals surface area contributed by atoms with E-state index in [0.717, 1.165) is 55.7 Å². The van der Waals surface area contributed by atoms with Crippen LogP contribution >= 0.6 is 0 Å². The molecular weight excluding hydrogens is 679 g/mol. The first-order valence-electron chi connectivity index (χ1n) is 19.1. The normalized spacial score (nSPS) is 11.2. The van der Waals surface area contributed by atoms with E-state index in [0.29, 0.717) is 0 Å². The van der Waals surface area contributed by atoms with Crippen molar-refractivity contribution in [3.8, 4) is 55.6 Å². The third kappa shape index (κ3) is 6.24. The zero-order valence-electron chi connectivity index (χ0n) is 30.7. The number of benzene rings is 9. The molecule has 0 N–H and O–H groups in total. The van der Waals surface area contributed by atoms with Crippen LogP contribution in [-0.4, -0.2) is 0 Å². The Morgan fingerprint density at radius 1 is 0.268 bits per heavy atom. The molecule has 0 saturated carbocycles. The van der Waals surface area contributed by atoms with Crippen LogP contribution in [0, 0.1) is 0 Å². The van der Waals surface area contributed by atoms with Gasteiger partial charge in [0.1, 0.15) is 11.2 Å². The lowest BCUT2D eigenvalue weighted by molar-refractivity contribution is 0.670. The average Bonchev–Trinajstić information content (AvgIpc) is 3.67. The zero-order chi connectivity index (χ0) is 37.3. The number of nitrogens with zero attached hydrogens (tertiary/aromatic N) is 1. The van der Waals surface area contributed by atoms with Crippen molar-refractivity contribution in [1.82, 2.24) is 0 Å². The van der Waals surface area contributed by atoms with Gasteiger partial charge < -0.3 is 9.32 Å². The molecule has 0 bridgehead atoms. The molecule has 264 valence electrons. The lowest BCUT2D eigenvalue weighted by Gasteiger charge is -2.26. The van der Waals surface area contributed by atoms with Crippen molar-refractivity contribution in [2.45, 2.75) is 0 Å². The molecule has 0 atom stereocenters. The first kappa shape index (κ1) is 33.2. The summed E-state index contributed by atoms with van der Waals surface area (Å²) in [5, 5.41) is 2.27. The van der Waals surface area contributed by atoms with Gasteiger partial charge in [-0.25, -0.2) is 0 Å². The SMILES string of the molecule is c1ccc(-c2ccc(N(c3ccccc3)c3ccc(-c4ccc(-c5cc(-c6cccc7c6oc6ccccc67)ccc5-c5ccccc5)cc4)cc3)cc2)cc1. The number of furan rings is 1. The van der Waals surface area contributed by atoms with Crippen molar-refractivity contribution in [3.05, 3.63) is 224 Å². The summed E-state index contributed by atoms with van der Waals surface area (Å²) in [5.74, 6) is 0. The molecular formula is C54H37NO. The van der Waals surface area contributed by atoms with Crippen molar-refractivity contribution in [3.63, 3.8) is 0 Å². The molecule has 0 amide bonds. The molecule has 1 aromatic heterocycles. The van der Waals surface area contributed by atoms with Crippen LogP contribution in [0.4, 0.5) is 17.1 Å². The van der Waals surface area contributed by atoms with Crippen LogP contribution in [0.25, 0.3) is 77.6 Å². The predicted molar refractivity (Wildman–Crippen MR) is 236 cm³/mol. The topological polar surface area (TPSA) is 16.4 Å². The molecule has 0 radical (unpaired) electrons. The van der Waals surface area contributed by atoms with Crippen molar-refractivity contribution < 1.29 is 4.42 Å². The van der Waals surface area contributed by atoms with Crippen molar-refractivity contribution >= 4 is 39.0 Å². The maximum atomic E-state index is 6.45. The van der Waals surface area contributed by atoms with Gasteiger partial charge in [-0.1, -0.05) is 176 Å². The number of rotatable bonds is 8. The zero-order valence-corrected chi connectivity index (χ0v) is 30.7. The van der Waals surface area contributed by atoms with Crippen LogP contribution in [0.1, 0.15) is 0 Å². The van der Waals surface area contributed by atoms with Crippen molar-refractivity contribution in [2.24, 2.45) is 0 Å². The van der Waals surface area contributed by atoms with Gasteiger partial charge in [-0.3, -0.25) is 0 Å². The number of hydrogen-bond donors (Lipinski definition) is 0. The van der Waals surface area contributed by atoms with Crippen LogP contribution in [0.3, 0.4) is 0 Å². The summed E-state index contributed by atoms with van der Waals surface area (Å²) < 4.78 is 6.45. The molecule has 10 aromatic rings. The summed E-state index contributed by atoms with van der Waals surface area (Å²) in [4.78, 5) is 2.31. The highest BCUT2D eigenvalue weighted by molar-refractivity contribution is 6.09. The maximum absolute atomic E-state index is 6.45. The van der Waals surface area contributed by atoms with Gasteiger partial charge in [-0.05, 0) is 98.6 Å². The molecule has 0 aliphatic rings. The van der Waals surface area contributed by atoms with Gasteiger partial charge in [0.2, 0.25) is 0 Å². The fourth-order valence-electron chi connectivity index (χ4n) is 7.90. The lowest BCUT2D eigenvalue weighted by atomic mass is 9.90. The number of fused-ring (bicyclic) bond motifs is 3. The van der Waals surface area contributed by atoms with E-state index in [1.807, 2.05) is 12.1 Å². The van der Waals surface area contributed by atoms with Gasteiger partial charge in [0, 0.05) is 33.4 Å². The fourth-order valence-corrected chi connectivity index (χ4v) is 7.90. The summed E-state index contributed by atoms with van der Waals surface area (Å²) in [6, 6.07) is 79.9. The second kappa shape index (κ2) is 14.4. The van der Waals surface area contributed by atoms with Crippen LogP contribution in [0.2, 0.25) is 0 Å². The number of anilines is 3. The monoisotopic (exact) mass is 715 g/mol. The van der Waals surface area contributed by atoms with E-state index in [1.165, 1.54) is 38.9 Å². The number of para-hydroxylation sites is 3. The summed E-state index contributed by atoms with van der Waals surface area (Å²) in [5.41, 5.74) is 16.9. The van der Waals surface area contributed by atoms with E-state index in [9.17, 15) is 0 Å². The minimum Gasteiger partial charge on any atom is -0.455 e. The van der Waals surface area contributed by atoms with Crippen molar-refractivity contribution in [1.29, 1.82) is 0 Å². The van der Waals surface area contributed by atoms with E-state index in [2.05, 4.69) is 217 Å². The quantitative estimate of drug-likeness (QED) is 0.156. The van der Waals surface area contributed by atoms with Gasteiger partial charge in [0.25, 0.3) is 0 Å². The molecule has 2 nitrogen and oxygen atoms in total. The molecule has 10 rings (SSSR count). The lowest BCUT2D eigenvalue weighted by Crippen LogP contribution is -2.09. The van der Waals surface area contributed by atoms with E-state index < -0.39 is 0 Å². The predicted octanol–water partition coefficient (Wildman–Crippen LogP) is 15.4. The Labute approximate surface area is 327 Å². The van der Waals surface area contributed by atoms with E-state index in [1.54, 1.807) is 0 Å². The van der Waals surface area contributed by atoms with Crippen LogP contribution in [0.15, 0.2) is 229 Å². The second-order valence-corrected chi connectivity index (χ2v) is 14.1. The van der Waals surface area contributed by atoms with Crippen LogP contribution < -0.4 is 4.90 Å². The Bertz CT molecular complexity index is 2910. The molecule has 0 unspecified atom stereocenters. The third-order valence-electron chi connectivity index (χ3n) is 10.7. The summed E-state index contributed by atoms with van der Waals surface area (Å²) >= 11 is 0. The minimum absolute atomic E-state index is 0.907. The highest BCUT2D eigenvalue weighted by Crippen LogP contribution is 2.41. The van der Waals surface area contributed by atoms with Crippen LogP contribution in [-0.2, 0) is 0 Å². The third-order valence-corrected chi connectivity index (χ3v) is 10.7. The Hall–Kier alpha value is -7.42. The molecule has 0 fully saturated rings. The van der Waals surface area contributed by atoms with Gasteiger partial charge in [0.15, 0.2) is 0 Å². The Morgan fingerprint density at radius 3 is 1.36 bits per heavy atom. The van der Waals surface area contributed by atoms with Crippen molar-refractivity contribution in [2.75, 3.05) is 4.90 Å². The summed E-state index contributed by atoms with van der Waals surface area (Å²) in [7, 11) is 0. The molecule has 0 spiro atoms. The smallest absolute Gasteiger partial charge is 0.143 e. The van der Waals surface area contributed by atoms with E-state index >= 15 is 0 Å². The summed E-state index contributed by atoms with van der Waals surface area (Å²) in [6.07, 6.45) is 0. The summed E-state index contributed by atoms with van der Waals surface area (Å²) in [6.45, 7) is 0. The van der Waals surface area contributed by atoms with E-state index in [-0.39, 0.29) is 0 Å². The first-order valence-corrected chi connectivity index (χ1v) is 19.1. The molecule has 0 aliphatic heterocycles. The largest absolute Gasteiger partial charge is 0.455 e. The van der Waals surface area contributed by atoms with Gasteiger partial charge in [0.05, 0.1) is 0 Å². The Morgan fingerprint density at radius 2 is 0.714 bits per heavy atom. The molecule has 0 saturated heterocycles. The first-order chi connectivity index (χ1) is 27.8. The van der Waals surface area contributed by atoms with E-state index in [4.69, 9.17) is 4.42 Å². The molecule has 2 heteroatoms. The fraction of sp³-hybridized carbons (Fsp3) is 0. The number of hydrogen-bond acceptors (Lipinski definition) is 2. The Balaban J connectivity index is 0.990. The van der Waals surface area contributed by atoms with Gasteiger partial charge in [-0.15, -0.1) is 0 Å². The highest BCUT2D eigenvalue weighted by Gasteiger charge is 2.16. The average molecular weight is 716 g/mol. The Kier molecular flexibility index (Phi) is 8.55. The van der Waals surface area contributed by atoms with Gasteiger partial charge in [-0.2, -0.15) is 0 Å². The minimum atomic E-state index is 0.907. The second-order valence-electron chi connectivity index (χ2n) is 14.1. The van der Waals surface area contributed by atoms with Crippen LogP contribution in [0.5, 0.6) is 0 Å². The molecule has 1 heterocycles. The maximum Gasteiger partial charge on any atom is 0.143 e. The highest BCUT2D eigenvalue weighted by atomic mass is 16.3. The molecule has 56 heavy (non-hydrogen) atoms. The molecule has 0 aliphatic carbocycles. The van der Waals surface area contributed by atoms with Gasteiger partial charge >= 0.3 is 0 Å².